The SMILES string of the molecule is O=C(CNc1nc2ccccc2s1)c1ccc([N+](=O)[O-])cc1.[Br-]. The molecule has 1 N–H and O–H groups in total. The van der Waals surface area contributed by atoms with Crippen LogP contribution in [0.5, 0.6) is 0 Å². The van der Waals surface area contributed by atoms with E-state index < -0.39 is 4.92 Å². The lowest BCUT2D eigenvalue weighted by molar-refractivity contribution is -0.384. The van der Waals surface area contributed by atoms with E-state index in [1.54, 1.807) is 0 Å². The molecule has 0 aliphatic heterocycles. The Morgan fingerprint density at radius 3 is 2.52 bits per heavy atom. The van der Waals surface area contributed by atoms with Gasteiger partial charge in [0.2, 0.25) is 0 Å². The average molecular weight is 393 g/mol. The van der Waals surface area contributed by atoms with Crippen molar-refractivity contribution < 1.29 is 26.7 Å². The van der Waals surface area contributed by atoms with Gasteiger partial charge in [-0.05, 0) is 24.3 Å². The van der Waals surface area contributed by atoms with Gasteiger partial charge >= 0.3 is 0 Å². The first-order valence-corrected chi connectivity index (χ1v) is 7.32. The van der Waals surface area contributed by atoms with E-state index in [4.69, 9.17) is 0 Å². The van der Waals surface area contributed by atoms with Gasteiger partial charge in [0.15, 0.2) is 10.9 Å². The lowest BCUT2D eigenvalue weighted by atomic mass is 10.1. The van der Waals surface area contributed by atoms with Crippen LogP contribution < -0.4 is 22.3 Å². The molecule has 3 aromatic rings. The van der Waals surface area contributed by atoms with Crippen LogP contribution in [0.15, 0.2) is 48.5 Å². The number of benzene rings is 2. The number of non-ortho nitro benzene ring substituents is 1. The lowest BCUT2D eigenvalue weighted by Gasteiger charge is -2.02. The van der Waals surface area contributed by atoms with Gasteiger partial charge < -0.3 is 22.3 Å². The number of ketones is 1. The number of nitrogens with zero attached hydrogens (tertiary/aromatic N) is 2. The van der Waals surface area contributed by atoms with Crippen LogP contribution in [0.1, 0.15) is 10.4 Å². The van der Waals surface area contributed by atoms with Crippen LogP contribution in [0.3, 0.4) is 0 Å². The maximum atomic E-state index is 12.1. The highest BCUT2D eigenvalue weighted by atomic mass is 79.9. The van der Waals surface area contributed by atoms with E-state index in [1.807, 2.05) is 24.3 Å². The van der Waals surface area contributed by atoms with Crippen molar-refractivity contribution in [3.8, 4) is 0 Å². The summed E-state index contributed by atoms with van der Waals surface area (Å²) in [4.78, 5) is 26.5. The van der Waals surface area contributed by atoms with Gasteiger partial charge in [-0.3, -0.25) is 14.9 Å². The molecule has 0 bridgehead atoms. The van der Waals surface area contributed by atoms with E-state index in [9.17, 15) is 14.9 Å². The minimum atomic E-state index is -0.492. The molecular weight excluding hydrogens is 382 g/mol. The second kappa shape index (κ2) is 7.30. The number of rotatable bonds is 5. The Hall–Kier alpha value is -2.32. The maximum absolute atomic E-state index is 12.1. The third-order valence-electron chi connectivity index (χ3n) is 3.09. The number of nitro benzene ring substituents is 1. The summed E-state index contributed by atoms with van der Waals surface area (Å²) < 4.78 is 1.05. The summed E-state index contributed by atoms with van der Waals surface area (Å²) in [6.07, 6.45) is 0. The van der Waals surface area contributed by atoms with Crippen LogP contribution in [0.4, 0.5) is 10.8 Å². The number of anilines is 1. The molecule has 1 aromatic heterocycles. The second-order valence-corrected chi connectivity index (χ2v) is 5.60. The molecule has 2 aromatic carbocycles. The van der Waals surface area contributed by atoms with Crippen LogP contribution in [0, 0.1) is 10.1 Å². The van der Waals surface area contributed by atoms with E-state index >= 15 is 0 Å². The van der Waals surface area contributed by atoms with E-state index in [0.717, 1.165) is 10.2 Å². The fourth-order valence-electron chi connectivity index (χ4n) is 1.97. The lowest BCUT2D eigenvalue weighted by Crippen LogP contribution is -3.00. The third-order valence-corrected chi connectivity index (χ3v) is 4.09. The Labute approximate surface area is 146 Å². The first kappa shape index (κ1) is 17.0. The Balaban J connectivity index is 0.00000192. The Morgan fingerprint density at radius 1 is 1.17 bits per heavy atom. The maximum Gasteiger partial charge on any atom is 0.269 e. The van der Waals surface area contributed by atoms with Gasteiger partial charge in [-0.1, -0.05) is 23.5 Å². The van der Waals surface area contributed by atoms with Crippen molar-refractivity contribution in [1.82, 2.24) is 4.98 Å². The summed E-state index contributed by atoms with van der Waals surface area (Å²) >= 11 is 1.48. The largest absolute Gasteiger partial charge is 1.00 e. The van der Waals surface area contributed by atoms with Gasteiger partial charge in [0.25, 0.3) is 5.69 Å². The van der Waals surface area contributed by atoms with Crippen molar-refractivity contribution >= 4 is 38.2 Å². The van der Waals surface area contributed by atoms with Gasteiger partial charge in [-0.15, -0.1) is 0 Å². The molecule has 0 aliphatic rings. The topological polar surface area (TPSA) is 85.1 Å². The summed E-state index contributed by atoms with van der Waals surface area (Å²) in [6.45, 7) is 0.0949. The second-order valence-electron chi connectivity index (χ2n) is 4.57. The minimum Gasteiger partial charge on any atom is -1.00 e. The molecule has 0 fully saturated rings. The first-order valence-electron chi connectivity index (χ1n) is 6.50. The first-order chi connectivity index (χ1) is 10.6. The van der Waals surface area contributed by atoms with Crippen LogP contribution in [0.2, 0.25) is 0 Å². The fourth-order valence-corrected chi connectivity index (χ4v) is 2.84. The summed E-state index contributed by atoms with van der Waals surface area (Å²) in [5.74, 6) is -0.144. The van der Waals surface area contributed by atoms with E-state index in [2.05, 4.69) is 10.3 Å². The van der Waals surface area contributed by atoms with Crippen molar-refractivity contribution in [3.05, 3.63) is 64.2 Å². The molecule has 118 valence electrons. The molecule has 0 saturated heterocycles. The van der Waals surface area contributed by atoms with Crippen molar-refractivity contribution in [1.29, 1.82) is 0 Å². The highest BCUT2D eigenvalue weighted by Crippen LogP contribution is 2.25. The average Bonchev–Trinajstić information content (AvgIpc) is 2.95. The molecule has 0 radical (unpaired) electrons. The molecule has 0 atom stereocenters. The van der Waals surface area contributed by atoms with Gasteiger partial charge in [-0.25, -0.2) is 4.98 Å². The Morgan fingerprint density at radius 2 is 1.87 bits per heavy atom. The molecule has 8 heteroatoms. The quantitative estimate of drug-likeness (QED) is 0.388. The number of para-hydroxylation sites is 1. The van der Waals surface area contributed by atoms with E-state index in [0.29, 0.717) is 10.7 Å². The van der Waals surface area contributed by atoms with Crippen molar-refractivity contribution in [2.45, 2.75) is 0 Å². The molecule has 0 aliphatic carbocycles. The normalized spacial score (nSPS) is 10.1. The number of carbonyl (C=O) groups excluding carboxylic acids is 1. The predicted molar refractivity (Wildman–Crippen MR) is 85.5 cm³/mol. The number of nitro groups is 1. The summed E-state index contributed by atoms with van der Waals surface area (Å²) in [6, 6.07) is 13.3. The number of hydrogen-bond donors (Lipinski definition) is 1. The minimum absolute atomic E-state index is 0. The number of thiazole rings is 1. The van der Waals surface area contributed by atoms with Crippen molar-refractivity contribution in [2.24, 2.45) is 0 Å². The molecule has 0 amide bonds. The van der Waals surface area contributed by atoms with E-state index in [-0.39, 0.29) is 35.0 Å². The van der Waals surface area contributed by atoms with Crippen molar-refractivity contribution in [2.75, 3.05) is 11.9 Å². The number of nitrogens with one attached hydrogen (secondary N) is 1. The number of hydrogen-bond acceptors (Lipinski definition) is 6. The van der Waals surface area contributed by atoms with Crippen LogP contribution in [-0.4, -0.2) is 22.2 Å². The number of carbonyl (C=O) groups is 1. The number of Topliss-reactive ketones (excluding diaryl/α,β-unsaturated/α-hetero) is 1. The fraction of sp³-hybridized carbons (Fsp3) is 0.0667. The van der Waals surface area contributed by atoms with Crippen molar-refractivity contribution in [3.63, 3.8) is 0 Å². The van der Waals surface area contributed by atoms with Gasteiger partial charge in [-0.2, -0.15) is 0 Å². The predicted octanol–water partition coefficient (Wildman–Crippen LogP) is 0.503. The van der Waals surface area contributed by atoms with E-state index in [1.165, 1.54) is 35.6 Å². The van der Waals surface area contributed by atoms with Crippen LogP contribution >= 0.6 is 11.3 Å². The molecular formula is C15H11BrN3O3S-. The molecule has 0 saturated carbocycles. The zero-order valence-electron chi connectivity index (χ0n) is 11.7. The monoisotopic (exact) mass is 392 g/mol. The molecule has 0 spiro atoms. The highest BCUT2D eigenvalue weighted by Gasteiger charge is 2.10. The molecule has 6 nitrogen and oxygen atoms in total. The third kappa shape index (κ3) is 3.91. The highest BCUT2D eigenvalue weighted by molar-refractivity contribution is 7.22. The van der Waals surface area contributed by atoms with Gasteiger partial charge in [0.05, 0.1) is 21.7 Å². The van der Waals surface area contributed by atoms with Gasteiger partial charge in [0.1, 0.15) is 0 Å². The zero-order valence-corrected chi connectivity index (χ0v) is 14.1. The molecule has 3 rings (SSSR count). The standard InChI is InChI=1S/C15H11N3O3S.BrH/c19-13(10-5-7-11(8-6-10)18(20)21)9-16-15-17-12-3-1-2-4-14(12)22-15;/h1-8H,9H2,(H,16,17);1H/p-1. The van der Waals surface area contributed by atoms with Crippen LogP contribution in [-0.2, 0) is 0 Å². The molecule has 1 heterocycles. The number of fused-ring (bicyclic) bond motifs is 1. The van der Waals surface area contributed by atoms with Gasteiger partial charge in [0, 0.05) is 17.7 Å². The molecule has 0 unspecified atom stereocenters. The number of aromatic nitrogens is 1. The summed E-state index contributed by atoms with van der Waals surface area (Å²) in [5.41, 5.74) is 1.28. The Kier molecular flexibility index (Phi) is 5.41. The van der Waals surface area contributed by atoms with Crippen LogP contribution in [0.25, 0.3) is 10.2 Å². The summed E-state index contributed by atoms with van der Waals surface area (Å²) in [7, 11) is 0. The summed E-state index contributed by atoms with van der Waals surface area (Å²) in [5, 5.41) is 14.3. The zero-order chi connectivity index (χ0) is 15.5. The molecule has 23 heavy (non-hydrogen) atoms. The Bertz CT molecular complexity index is 816. The smallest absolute Gasteiger partial charge is 0.269 e. The number of halogens is 1.